The first-order chi connectivity index (χ1) is 17.5. The molecule has 2 aromatic carbocycles. The third kappa shape index (κ3) is 3.76. The minimum absolute atomic E-state index is 0.0965. The topological polar surface area (TPSA) is 134 Å². The molecule has 4 heterocycles. The first kappa shape index (κ1) is 21.6. The summed E-state index contributed by atoms with van der Waals surface area (Å²) in [5.74, 6) is 0.448. The second kappa shape index (κ2) is 8.39. The monoisotopic (exact) mass is 504 g/mol. The van der Waals surface area contributed by atoms with E-state index in [1.165, 1.54) is 35.1 Å². The molecule has 1 amide bonds. The second-order valence-electron chi connectivity index (χ2n) is 7.59. The zero-order valence-electron chi connectivity index (χ0n) is 18.0. The highest BCUT2D eigenvalue weighted by molar-refractivity contribution is 7.17. The summed E-state index contributed by atoms with van der Waals surface area (Å²) in [6.07, 6.45) is 1.45. The first-order valence-electron chi connectivity index (χ1n) is 10.4. The number of hydrogen-bond acceptors (Lipinski definition) is 9. The van der Waals surface area contributed by atoms with Crippen LogP contribution in [0, 0.1) is 15.9 Å². The summed E-state index contributed by atoms with van der Waals surface area (Å²) in [6, 6.07) is 13.6. The molecular weight excluding hydrogens is 491 g/mol. The number of rotatable bonds is 5. The zero-order valence-corrected chi connectivity index (χ0v) is 18.9. The van der Waals surface area contributed by atoms with Gasteiger partial charge in [0.1, 0.15) is 11.6 Å². The van der Waals surface area contributed by atoms with Crippen molar-refractivity contribution in [1.82, 2.24) is 19.7 Å². The number of carbonyl (C=O) groups excluding carboxylic acids is 1. The molecule has 0 saturated heterocycles. The quantitative estimate of drug-likeness (QED) is 0.272. The summed E-state index contributed by atoms with van der Waals surface area (Å²) in [5, 5.41) is 18.3. The summed E-state index contributed by atoms with van der Waals surface area (Å²) in [6.45, 7) is 0.0965. The third-order valence-corrected chi connectivity index (χ3v) is 6.38. The van der Waals surface area contributed by atoms with Crippen LogP contribution in [-0.2, 0) is 0 Å². The fraction of sp³-hybridized carbons (Fsp3) is 0.0435. The number of halogens is 1. The van der Waals surface area contributed by atoms with Gasteiger partial charge in [-0.15, -0.1) is 0 Å². The zero-order chi connectivity index (χ0) is 24.8. The Hall–Kier alpha value is -4.91. The molecule has 6 rings (SSSR count). The minimum Gasteiger partial charge on any atom is -0.454 e. The lowest BCUT2D eigenvalue weighted by Crippen LogP contribution is -2.12. The molecule has 11 nitrogen and oxygen atoms in total. The fourth-order valence-corrected chi connectivity index (χ4v) is 4.40. The number of nitro groups is 1. The number of aromatic nitrogens is 4. The predicted octanol–water partition coefficient (Wildman–Crippen LogP) is 4.57. The van der Waals surface area contributed by atoms with Gasteiger partial charge in [-0.3, -0.25) is 14.9 Å². The maximum absolute atomic E-state index is 13.9. The second-order valence-corrected chi connectivity index (χ2v) is 8.65. The Morgan fingerprint density at radius 1 is 1.11 bits per heavy atom. The molecule has 13 heteroatoms. The number of thiophene rings is 1. The molecule has 0 radical (unpaired) electrons. The molecule has 0 aliphatic carbocycles. The Morgan fingerprint density at radius 2 is 1.97 bits per heavy atom. The lowest BCUT2D eigenvalue weighted by molar-refractivity contribution is -0.380. The third-order valence-electron chi connectivity index (χ3n) is 5.34. The average Bonchev–Trinajstić information content (AvgIpc) is 3.63. The largest absolute Gasteiger partial charge is 0.454 e. The summed E-state index contributed by atoms with van der Waals surface area (Å²) in [4.78, 5) is 32.7. The van der Waals surface area contributed by atoms with Gasteiger partial charge in [-0.2, -0.15) is 5.10 Å². The SMILES string of the molecule is O=C(Nc1nc(-c2ccc3c(c2)OCO3)nc2c1cnn2-c1cccc(F)c1)c1ccc([N+](=O)[O-])s1. The van der Waals surface area contributed by atoms with E-state index in [4.69, 9.17) is 9.47 Å². The van der Waals surface area contributed by atoms with Gasteiger partial charge >= 0.3 is 5.00 Å². The maximum atomic E-state index is 13.9. The molecule has 0 fully saturated rings. The van der Waals surface area contributed by atoms with Gasteiger partial charge < -0.3 is 14.8 Å². The number of nitrogens with one attached hydrogen (secondary N) is 1. The van der Waals surface area contributed by atoms with Gasteiger partial charge in [-0.1, -0.05) is 17.4 Å². The highest BCUT2D eigenvalue weighted by atomic mass is 32.1. The van der Waals surface area contributed by atoms with Crippen LogP contribution in [0.25, 0.3) is 28.1 Å². The van der Waals surface area contributed by atoms with Crippen LogP contribution in [0.5, 0.6) is 11.5 Å². The number of benzene rings is 2. The van der Waals surface area contributed by atoms with Crippen molar-refractivity contribution in [2.24, 2.45) is 0 Å². The maximum Gasteiger partial charge on any atom is 0.324 e. The van der Waals surface area contributed by atoms with E-state index in [0.29, 0.717) is 33.8 Å². The highest BCUT2D eigenvalue weighted by Crippen LogP contribution is 2.36. The molecule has 0 bridgehead atoms. The molecule has 1 aliphatic heterocycles. The molecule has 1 aliphatic rings. The number of fused-ring (bicyclic) bond motifs is 2. The number of amides is 1. The van der Waals surface area contributed by atoms with E-state index >= 15 is 0 Å². The standard InChI is InChI=1S/C23H13FN6O5S/c24-13-2-1-3-14(9-13)29-22-15(10-25-29)21(28-23(31)18-6-7-19(36-18)30(32)33)26-20(27-22)12-4-5-16-17(8-12)35-11-34-16/h1-10H,11H2,(H,26,27,28,31). The molecule has 0 saturated carbocycles. The van der Waals surface area contributed by atoms with Crippen molar-refractivity contribution in [3.8, 4) is 28.6 Å². The Bertz CT molecular complexity index is 1680. The number of carbonyl (C=O) groups is 1. The summed E-state index contributed by atoms with van der Waals surface area (Å²) in [5.41, 5.74) is 1.32. The van der Waals surface area contributed by atoms with Gasteiger partial charge in [0.05, 0.1) is 27.1 Å². The van der Waals surface area contributed by atoms with Crippen LogP contribution in [0.2, 0.25) is 0 Å². The van der Waals surface area contributed by atoms with Crippen molar-refractivity contribution in [2.45, 2.75) is 0 Å². The van der Waals surface area contributed by atoms with E-state index in [1.54, 1.807) is 30.3 Å². The van der Waals surface area contributed by atoms with E-state index < -0.39 is 16.6 Å². The van der Waals surface area contributed by atoms with Gasteiger partial charge in [0.15, 0.2) is 23.0 Å². The van der Waals surface area contributed by atoms with Crippen LogP contribution in [0.1, 0.15) is 9.67 Å². The Morgan fingerprint density at radius 3 is 2.78 bits per heavy atom. The number of anilines is 1. The number of ether oxygens (including phenoxy) is 2. The number of hydrogen-bond donors (Lipinski definition) is 1. The molecule has 3 aromatic heterocycles. The van der Waals surface area contributed by atoms with Crippen LogP contribution >= 0.6 is 11.3 Å². The molecule has 36 heavy (non-hydrogen) atoms. The van der Waals surface area contributed by atoms with Crippen molar-refractivity contribution >= 4 is 39.1 Å². The van der Waals surface area contributed by atoms with E-state index in [-0.39, 0.29) is 28.3 Å². The molecule has 0 unspecified atom stereocenters. The number of nitrogens with zero attached hydrogens (tertiary/aromatic N) is 5. The Labute approximate surface area is 204 Å². The van der Waals surface area contributed by atoms with Crippen LogP contribution in [0.4, 0.5) is 15.2 Å². The van der Waals surface area contributed by atoms with Gasteiger partial charge in [-0.05, 0) is 42.5 Å². The normalized spacial score (nSPS) is 12.1. The van der Waals surface area contributed by atoms with E-state index in [9.17, 15) is 19.3 Å². The summed E-state index contributed by atoms with van der Waals surface area (Å²) < 4.78 is 26.2. The van der Waals surface area contributed by atoms with Crippen molar-refractivity contribution in [1.29, 1.82) is 0 Å². The lowest BCUT2D eigenvalue weighted by Gasteiger charge is -2.09. The predicted molar refractivity (Wildman–Crippen MR) is 127 cm³/mol. The van der Waals surface area contributed by atoms with Crippen LogP contribution in [-0.4, -0.2) is 37.4 Å². The highest BCUT2D eigenvalue weighted by Gasteiger charge is 2.21. The van der Waals surface area contributed by atoms with E-state index in [2.05, 4.69) is 20.4 Å². The van der Waals surface area contributed by atoms with Gasteiger partial charge in [-0.25, -0.2) is 19.0 Å². The van der Waals surface area contributed by atoms with E-state index in [1.807, 2.05) is 0 Å². The molecule has 0 atom stereocenters. The summed E-state index contributed by atoms with van der Waals surface area (Å²) in [7, 11) is 0. The Kier molecular flexibility index (Phi) is 5.04. The average molecular weight is 504 g/mol. The van der Waals surface area contributed by atoms with Crippen LogP contribution < -0.4 is 14.8 Å². The Balaban J connectivity index is 1.48. The lowest BCUT2D eigenvalue weighted by atomic mass is 10.2. The van der Waals surface area contributed by atoms with Crippen molar-refractivity contribution in [3.63, 3.8) is 0 Å². The molecule has 178 valence electrons. The van der Waals surface area contributed by atoms with Gasteiger partial charge in [0.2, 0.25) is 6.79 Å². The molecular formula is C23H13FN6O5S. The van der Waals surface area contributed by atoms with Crippen molar-refractivity contribution < 1.29 is 23.6 Å². The van der Waals surface area contributed by atoms with Crippen molar-refractivity contribution in [2.75, 3.05) is 12.1 Å². The first-order valence-corrected chi connectivity index (χ1v) is 11.3. The van der Waals surface area contributed by atoms with Crippen LogP contribution in [0.3, 0.4) is 0 Å². The molecule has 0 spiro atoms. The van der Waals surface area contributed by atoms with Gasteiger partial charge in [0.25, 0.3) is 5.91 Å². The molecule has 1 N–H and O–H groups in total. The smallest absolute Gasteiger partial charge is 0.324 e. The molecule has 5 aromatic rings. The fourth-order valence-electron chi connectivity index (χ4n) is 3.68. The summed E-state index contributed by atoms with van der Waals surface area (Å²) >= 11 is 0.744. The van der Waals surface area contributed by atoms with E-state index in [0.717, 1.165) is 11.3 Å². The van der Waals surface area contributed by atoms with Crippen LogP contribution in [0.15, 0.2) is 60.8 Å². The van der Waals surface area contributed by atoms with Crippen molar-refractivity contribution in [3.05, 3.63) is 81.6 Å². The minimum atomic E-state index is -0.580. The van der Waals surface area contributed by atoms with Gasteiger partial charge in [0, 0.05) is 11.6 Å².